The van der Waals surface area contributed by atoms with Gasteiger partial charge in [-0.25, -0.2) is 5.43 Å². The van der Waals surface area contributed by atoms with Gasteiger partial charge in [-0.15, -0.1) is 11.3 Å². The van der Waals surface area contributed by atoms with E-state index >= 15 is 0 Å². The van der Waals surface area contributed by atoms with Crippen LogP contribution in [0.25, 0.3) is 0 Å². The Hall–Kier alpha value is -1.46. The quantitative estimate of drug-likeness (QED) is 0.660. The van der Waals surface area contributed by atoms with Crippen LogP contribution in [0.3, 0.4) is 0 Å². The lowest BCUT2D eigenvalue weighted by atomic mass is 10.2. The van der Waals surface area contributed by atoms with Gasteiger partial charge in [0.05, 0.1) is 11.8 Å². The van der Waals surface area contributed by atoms with Gasteiger partial charge in [-0.2, -0.15) is 16.4 Å². The van der Waals surface area contributed by atoms with Crippen molar-refractivity contribution in [3.05, 3.63) is 44.3 Å². The molecule has 0 unspecified atom stereocenters. The molecule has 2 rings (SSSR count). The highest BCUT2D eigenvalue weighted by molar-refractivity contribution is 7.10. The van der Waals surface area contributed by atoms with E-state index in [2.05, 4.69) is 17.5 Å². The highest BCUT2D eigenvalue weighted by Gasteiger charge is 2.07. The molecule has 94 valence electrons. The first-order valence-electron chi connectivity index (χ1n) is 5.72. The topological polar surface area (TPSA) is 41.5 Å². The minimum atomic E-state index is -0.153. The molecule has 0 fully saturated rings. The number of amides is 1. The van der Waals surface area contributed by atoms with Crippen LogP contribution in [0.15, 0.2) is 33.4 Å². The number of hydrogen-bond acceptors (Lipinski definition) is 4. The fraction of sp³-hybridized carbons (Fsp3) is 0.231. The molecule has 0 aliphatic rings. The highest BCUT2D eigenvalue weighted by Crippen LogP contribution is 2.16. The predicted molar refractivity (Wildman–Crippen MR) is 77.7 cm³/mol. The minimum Gasteiger partial charge on any atom is -0.267 e. The molecule has 0 aromatic carbocycles. The molecule has 2 aromatic rings. The van der Waals surface area contributed by atoms with Crippen molar-refractivity contribution in [3.63, 3.8) is 0 Å². The van der Waals surface area contributed by atoms with E-state index in [1.165, 1.54) is 4.88 Å². The molecule has 0 spiro atoms. The molecular formula is C13H14N2OS2. The summed E-state index contributed by atoms with van der Waals surface area (Å²) in [5.74, 6) is -0.153. The molecule has 3 nitrogen and oxygen atoms in total. The van der Waals surface area contributed by atoms with Gasteiger partial charge < -0.3 is 0 Å². The Bertz CT molecular complexity index is 529. The maximum Gasteiger partial charge on any atom is 0.272 e. The molecule has 0 atom stereocenters. The van der Waals surface area contributed by atoms with E-state index in [1.807, 2.05) is 28.3 Å². The maximum atomic E-state index is 11.8. The summed E-state index contributed by atoms with van der Waals surface area (Å²) < 4.78 is 0. The smallest absolute Gasteiger partial charge is 0.267 e. The van der Waals surface area contributed by atoms with E-state index in [4.69, 9.17) is 0 Å². The van der Waals surface area contributed by atoms with Crippen molar-refractivity contribution < 1.29 is 4.79 Å². The van der Waals surface area contributed by atoms with Crippen molar-refractivity contribution in [2.24, 2.45) is 5.10 Å². The molecule has 0 aliphatic carbocycles. The lowest BCUT2D eigenvalue weighted by molar-refractivity contribution is 0.0955. The Kier molecular flexibility index (Phi) is 4.66. The van der Waals surface area contributed by atoms with Gasteiger partial charge in [-0.1, -0.05) is 13.3 Å². The van der Waals surface area contributed by atoms with Crippen molar-refractivity contribution in [1.82, 2.24) is 5.43 Å². The number of nitrogens with one attached hydrogen (secondary N) is 1. The number of hydrogen-bond donors (Lipinski definition) is 1. The molecule has 2 aromatic heterocycles. The van der Waals surface area contributed by atoms with Crippen LogP contribution in [0.4, 0.5) is 0 Å². The molecule has 0 aliphatic heterocycles. The van der Waals surface area contributed by atoms with E-state index in [0.29, 0.717) is 5.56 Å². The highest BCUT2D eigenvalue weighted by atomic mass is 32.1. The van der Waals surface area contributed by atoms with Gasteiger partial charge in [0.15, 0.2) is 0 Å². The van der Waals surface area contributed by atoms with Crippen molar-refractivity contribution in [3.8, 4) is 0 Å². The number of hydrazone groups is 1. The SMILES string of the molecule is CCCc1cc(C(=O)NN=Cc2ccsc2)cs1. The lowest BCUT2D eigenvalue weighted by Crippen LogP contribution is -2.16. The number of carbonyl (C=O) groups is 1. The number of carbonyl (C=O) groups excluding carboxylic acids is 1. The van der Waals surface area contributed by atoms with Crippen molar-refractivity contribution in [2.75, 3.05) is 0 Å². The Labute approximate surface area is 114 Å². The van der Waals surface area contributed by atoms with Crippen LogP contribution in [0.2, 0.25) is 0 Å². The number of aryl methyl sites for hydroxylation is 1. The molecule has 0 radical (unpaired) electrons. The van der Waals surface area contributed by atoms with Crippen LogP contribution in [-0.2, 0) is 6.42 Å². The molecule has 18 heavy (non-hydrogen) atoms. The summed E-state index contributed by atoms with van der Waals surface area (Å²) in [6.07, 6.45) is 3.77. The third kappa shape index (κ3) is 3.51. The fourth-order valence-corrected chi connectivity index (χ4v) is 3.04. The van der Waals surface area contributed by atoms with Gasteiger partial charge in [0.2, 0.25) is 0 Å². The molecule has 0 saturated heterocycles. The van der Waals surface area contributed by atoms with Crippen LogP contribution in [-0.4, -0.2) is 12.1 Å². The summed E-state index contributed by atoms with van der Waals surface area (Å²) in [6.45, 7) is 2.13. The molecule has 1 amide bonds. The summed E-state index contributed by atoms with van der Waals surface area (Å²) >= 11 is 3.22. The average Bonchev–Trinajstić information content (AvgIpc) is 3.00. The number of nitrogens with zero attached hydrogens (tertiary/aromatic N) is 1. The number of thiophene rings is 2. The summed E-state index contributed by atoms with van der Waals surface area (Å²) in [5, 5.41) is 9.75. The predicted octanol–water partition coefficient (Wildman–Crippen LogP) is 3.53. The van der Waals surface area contributed by atoms with Crippen LogP contribution in [0, 0.1) is 0 Å². The van der Waals surface area contributed by atoms with Crippen molar-refractivity contribution in [2.45, 2.75) is 19.8 Å². The van der Waals surface area contributed by atoms with Gasteiger partial charge in [0.25, 0.3) is 5.91 Å². The zero-order valence-corrected chi connectivity index (χ0v) is 11.7. The standard InChI is InChI=1S/C13H14N2OS2/c1-2-3-12-6-11(9-18-12)13(16)15-14-7-10-4-5-17-8-10/h4-9H,2-3H2,1H3,(H,15,16). The summed E-state index contributed by atoms with van der Waals surface area (Å²) in [6, 6.07) is 3.88. The third-order valence-electron chi connectivity index (χ3n) is 2.34. The third-order valence-corrected chi connectivity index (χ3v) is 4.03. The van der Waals surface area contributed by atoms with Crippen molar-refractivity contribution in [1.29, 1.82) is 0 Å². The number of rotatable bonds is 5. The Balaban J connectivity index is 1.91. The molecule has 0 bridgehead atoms. The van der Waals surface area contributed by atoms with Gasteiger partial charge in [-0.3, -0.25) is 4.79 Å². The van der Waals surface area contributed by atoms with E-state index in [-0.39, 0.29) is 5.91 Å². The second kappa shape index (κ2) is 6.47. The second-order valence-corrected chi connectivity index (χ2v) is 5.58. The molecule has 1 N–H and O–H groups in total. The molecule has 0 saturated carbocycles. The summed E-state index contributed by atoms with van der Waals surface area (Å²) in [7, 11) is 0. The van der Waals surface area contributed by atoms with Gasteiger partial charge >= 0.3 is 0 Å². The van der Waals surface area contributed by atoms with E-state index < -0.39 is 0 Å². The molecule has 5 heteroatoms. The fourth-order valence-electron chi connectivity index (χ4n) is 1.46. The normalized spacial score (nSPS) is 10.9. The monoisotopic (exact) mass is 278 g/mol. The van der Waals surface area contributed by atoms with Crippen LogP contribution in [0.1, 0.15) is 34.1 Å². The summed E-state index contributed by atoms with van der Waals surface area (Å²) in [4.78, 5) is 13.0. The zero-order chi connectivity index (χ0) is 12.8. The Morgan fingerprint density at radius 3 is 3.11 bits per heavy atom. The minimum absolute atomic E-state index is 0.153. The van der Waals surface area contributed by atoms with Crippen LogP contribution in [0.5, 0.6) is 0 Å². The van der Waals surface area contributed by atoms with Crippen molar-refractivity contribution >= 4 is 34.8 Å². The van der Waals surface area contributed by atoms with Crippen LogP contribution >= 0.6 is 22.7 Å². The van der Waals surface area contributed by atoms with Gasteiger partial charge in [-0.05, 0) is 29.3 Å². The van der Waals surface area contributed by atoms with E-state index in [1.54, 1.807) is 28.9 Å². The lowest BCUT2D eigenvalue weighted by Gasteiger charge is -1.95. The summed E-state index contributed by atoms with van der Waals surface area (Å²) in [5.41, 5.74) is 4.22. The van der Waals surface area contributed by atoms with Gasteiger partial charge in [0, 0.05) is 15.8 Å². The first kappa shape index (κ1) is 13.0. The largest absolute Gasteiger partial charge is 0.272 e. The van der Waals surface area contributed by atoms with E-state index in [0.717, 1.165) is 18.4 Å². The Morgan fingerprint density at radius 1 is 1.50 bits per heavy atom. The Morgan fingerprint density at radius 2 is 2.39 bits per heavy atom. The molecule has 2 heterocycles. The van der Waals surface area contributed by atoms with Gasteiger partial charge in [0.1, 0.15) is 0 Å². The first-order chi connectivity index (χ1) is 8.79. The first-order valence-corrected chi connectivity index (χ1v) is 7.55. The zero-order valence-electron chi connectivity index (χ0n) is 10.1. The van der Waals surface area contributed by atoms with E-state index in [9.17, 15) is 4.79 Å². The average molecular weight is 278 g/mol. The molecular weight excluding hydrogens is 264 g/mol. The maximum absolute atomic E-state index is 11.8. The second-order valence-electron chi connectivity index (χ2n) is 3.81. The van der Waals surface area contributed by atoms with Crippen LogP contribution < -0.4 is 5.43 Å².